The molecule has 21 heavy (non-hydrogen) atoms. The van der Waals surface area contributed by atoms with Crippen LogP contribution in [0.15, 0.2) is 18.2 Å². The summed E-state index contributed by atoms with van der Waals surface area (Å²) in [4.78, 5) is 25.9. The maximum absolute atomic E-state index is 13.7. The number of halogens is 1. The summed E-state index contributed by atoms with van der Waals surface area (Å²) in [5.41, 5.74) is 1.29. The van der Waals surface area contributed by atoms with E-state index in [1.54, 1.807) is 17.9 Å². The van der Waals surface area contributed by atoms with Crippen LogP contribution >= 0.6 is 0 Å². The number of piperazine rings is 1. The zero-order valence-corrected chi connectivity index (χ0v) is 12.2. The van der Waals surface area contributed by atoms with E-state index in [1.165, 1.54) is 6.07 Å². The van der Waals surface area contributed by atoms with E-state index in [2.05, 4.69) is 5.32 Å². The zero-order chi connectivity index (χ0) is 15.1. The molecule has 0 bridgehead atoms. The molecule has 1 aromatic rings. The van der Waals surface area contributed by atoms with E-state index in [-0.39, 0.29) is 36.1 Å². The van der Waals surface area contributed by atoms with Crippen molar-refractivity contribution in [3.05, 3.63) is 35.1 Å². The molecule has 0 aromatic heterocycles. The van der Waals surface area contributed by atoms with Crippen molar-refractivity contribution in [2.45, 2.75) is 38.8 Å². The molecule has 1 aliphatic carbocycles. The molecule has 0 radical (unpaired) electrons. The predicted molar refractivity (Wildman–Crippen MR) is 75.9 cm³/mol. The van der Waals surface area contributed by atoms with E-state index in [9.17, 15) is 14.0 Å². The molecule has 3 rings (SSSR count). The van der Waals surface area contributed by atoms with Crippen molar-refractivity contribution < 1.29 is 14.0 Å². The highest BCUT2D eigenvalue weighted by atomic mass is 19.1. The fraction of sp³-hybridized carbons (Fsp3) is 0.500. The van der Waals surface area contributed by atoms with Crippen molar-refractivity contribution in [2.75, 3.05) is 6.54 Å². The first-order valence-electron chi connectivity index (χ1n) is 7.33. The largest absolute Gasteiger partial charge is 0.342 e. The van der Waals surface area contributed by atoms with Gasteiger partial charge in [-0.15, -0.1) is 0 Å². The van der Waals surface area contributed by atoms with Crippen LogP contribution in [0.5, 0.6) is 0 Å². The number of hydrogen-bond donors (Lipinski definition) is 1. The molecule has 1 saturated heterocycles. The number of nitrogens with one attached hydrogen (secondary N) is 1. The van der Waals surface area contributed by atoms with Crippen LogP contribution in [0.4, 0.5) is 4.39 Å². The van der Waals surface area contributed by atoms with Gasteiger partial charge in [-0.25, -0.2) is 4.39 Å². The van der Waals surface area contributed by atoms with Crippen molar-refractivity contribution in [2.24, 2.45) is 5.92 Å². The number of hydrogen-bond acceptors (Lipinski definition) is 2. The van der Waals surface area contributed by atoms with Crippen molar-refractivity contribution in [3.63, 3.8) is 0 Å². The molecular formula is C16H19FN2O2. The molecule has 2 fully saturated rings. The number of benzene rings is 1. The Bertz CT molecular complexity index is 598. The van der Waals surface area contributed by atoms with Crippen molar-refractivity contribution in [3.8, 4) is 0 Å². The van der Waals surface area contributed by atoms with Gasteiger partial charge < -0.3 is 10.2 Å². The highest BCUT2D eigenvalue weighted by Gasteiger charge is 2.43. The molecule has 1 aromatic carbocycles. The summed E-state index contributed by atoms with van der Waals surface area (Å²) in [5, 5.41) is 2.78. The van der Waals surface area contributed by atoms with Crippen LogP contribution in [0.3, 0.4) is 0 Å². The number of carbonyl (C=O) groups is 2. The Morgan fingerprint density at radius 1 is 1.33 bits per heavy atom. The summed E-state index contributed by atoms with van der Waals surface area (Å²) < 4.78 is 13.7. The number of nitrogens with zero attached hydrogens (tertiary/aromatic N) is 1. The van der Waals surface area contributed by atoms with Crippen LogP contribution in [0.1, 0.15) is 36.9 Å². The van der Waals surface area contributed by atoms with Gasteiger partial charge in [0.1, 0.15) is 18.4 Å². The second-order valence-corrected chi connectivity index (χ2v) is 6.03. The molecule has 2 aliphatic rings. The molecule has 0 spiro atoms. The number of rotatable bonds is 3. The van der Waals surface area contributed by atoms with Crippen LogP contribution in [0.25, 0.3) is 0 Å². The topological polar surface area (TPSA) is 49.4 Å². The highest BCUT2D eigenvalue weighted by Crippen LogP contribution is 2.36. The maximum Gasteiger partial charge on any atom is 0.246 e. The van der Waals surface area contributed by atoms with Gasteiger partial charge in [0, 0.05) is 0 Å². The van der Waals surface area contributed by atoms with E-state index < -0.39 is 6.04 Å². The van der Waals surface area contributed by atoms with Gasteiger partial charge in [-0.05, 0) is 49.8 Å². The predicted octanol–water partition coefficient (Wildman–Crippen LogP) is 1.93. The zero-order valence-electron chi connectivity index (χ0n) is 12.2. The second kappa shape index (κ2) is 5.13. The molecule has 1 saturated carbocycles. The Morgan fingerprint density at radius 2 is 2.05 bits per heavy atom. The number of carbonyl (C=O) groups excluding carboxylic acids is 2. The second-order valence-electron chi connectivity index (χ2n) is 6.03. The standard InChI is InChI=1S/C16H19FN2O2/c1-9-3-4-12(7-13(9)17)10(2)19-8-14(20)18-15(16(19)21)11-5-6-11/h3-4,7,10-11,15H,5-6,8H2,1-2H3,(H,18,20). The van der Waals surface area contributed by atoms with Gasteiger partial charge in [0.15, 0.2) is 0 Å². The van der Waals surface area contributed by atoms with Gasteiger partial charge in [0.25, 0.3) is 0 Å². The molecular weight excluding hydrogens is 271 g/mol. The quantitative estimate of drug-likeness (QED) is 0.925. The Labute approximate surface area is 123 Å². The lowest BCUT2D eigenvalue weighted by Gasteiger charge is -2.36. The van der Waals surface area contributed by atoms with Gasteiger partial charge in [0.2, 0.25) is 11.8 Å². The Balaban J connectivity index is 1.84. The minimum absolute atomic E-state index is 0.0404. The molecule has 2 amide bonds. The summed E-state index contributed by atoms with van der Waals surface area (Å²) >= 11 is 0. The van der Waals surface area contributed by atoms with E-state index in [0.717, 1.165) is 18.4 Å². The Kier molecular flexibility index (Phi) is 3.43. The third-order valence-electron chi connectivity index (χ3n) is 4.42. The van der Waals surface area contributed by atoms with Crippen LogP contribution in [-0.4, -0.2) is 29.3 Å². The highest BCUT2D eigenvalue weighted by molar-refractivity contribution is 5.95. The average molecular weight is 290 g/mol. The monoisotopic (exact) mass is 290 g/mol. The van der Waals surface area contributed by atoms with E-state index in [0.29, 0.717) is 5.56 Å². The van der Waals surface area contributed by atoms with Gasteiger partial charge >= 0.3 is 0 Å². The first kappa shape index (κ1) is 14.0. The van der Waals surface area contributed by atoms with Crippen molar-refractivity contribution in [1.82, 2.24) is 10.2 Å². The van der Waals surface area contributed by atoms with Crippen molar-refractivity contribution >= 4 is 11.8 Å². The first-order valence-corrected chi connectivity index (χ1v) is 7.33. The lowest BCUT2D eigenvalue weighted by Crippen LogP contribution is -2.59. The van der Waals surface area contributed by atoms with Crippen LogP contribution < -0.4 is 5.32 Å². The van der Waals surface area contributed by atoms with Gasteiger partial charge in [-0.2, -0.15) is 0 Å². The van der Waals surface area contributed by atoms with E-state index in [1.807, 2.05) is 13.0 Å². The summed E-state index contributed by atoms with van der Waals surface area (Å²) in [6.07, 6.45) is 1.97. The van der Waals surface area contributed by atoms with Crippen molar-refractivity contribution in [1.29, 1.82) is 0 Å². The molecule has 1 heterocycles. The smallest absolute Gasteiger partial charge is 0.246 e. The summed E-state index contributed by atoms with van der Waals surface area (Å²) in [6.45, 7) is 3.58. The summed E-state index contributed by atoms with van der Waals surface area (Å²) in [5.74, 6) is -0.199. The van der Waals surface area contributed by atoms with Gasteiger partial charge in [-0.3, -0.25) is 9.59 Å². The third-order valence-corrected chi connectivity index (χ3v) is 4.42. The Morgan fingerprint density at radius 3 is 2.67 bits per heavy atom. The normalized spacial score (nSPS) is 24.0. The molecule has 4 nitrogen and oxygen atoms in total. The summed E-state index contributed by atoms with van der Waals surface area (Å²) in [6, 6.07) is 4.26. The lowest BCUT2D eigenvalue weighted by molar-refractivity contribution is -0.147. The molecule has 1 N–H and O–H groups in total. The number of amides is 2. The first-order chi connectivity index (χ1) is 9.97. The van der Waals surface area contributed by atoms with Gasteiger partial charge in [0.05, 0.1) is 6.04 Å². The fourth-order valence-corrected chi connectivity index (χ4v) is 2.82. The molecule has 112 valence electrons. The fourth-order valence-electron chi connectivity index (χ4n) is 2.82. The molecule has 5 heteroatoms. The average Bonchev–Trinajstić information content (AvgIpc) is 3.28. The van der Waals surface area contributed by atoms with Crippen LogP contribution in [0.2, 0.25) is 0 Å². The van der Waals surface area contributed by atoms with Crippen LogP contribution in [0, 0.1) is 18.7 Å². The SMILES string of the molecule is Cc1ccc(C(C)N2CC(=O)NC(C3CC3)C2=O)cc1F. The van der Waals surface area contributed by atoms with E-state index in [4.69, 9.17) is 0 Å². The third kappa shape index (κ3) is 2.64. The molecule has 2 atom stereocenters. The van der Waals surface area contributed by atoms with Crippen LogP contribution in [-0.2, 0) is 9.59 Å². The minimum atomic E-state index is -0.399. The number of aryl methyl sites for hydroxylation is 1. The minimum Gasteiger partial charge on any atom is -0.342 e. The lowest BCUT2D eigenvalue weighted by atomic mass is 10.0. The maximum atomic E-state index is 13.7. The molecule has 2 unspecified atom stereocenters. The Hall–Kier alpha value is -1.91. The summed E-state index contributed by atoms with van der Waals surface area (Å²) in [7, 11) is 0. The molecule has 1 aliphatic heterocycles. The van der Waals surface area contributed by atoms with E-state index >= 15 is 0 Å². The van der Waals surface area contributed by atoms with Gasteiger partial charge in [-0.1, -0.05) is 12.1 Å².